The third-order valence-corrected chi connectivity index (χ3v) is 6.73. The molecule has 0 radical (unpaired) electrons. The molecular weight excluding hydrogens is 422 g/mol. The smallest absolute Gasteiger partial charge is 0.313 e. The average molecular weight is 468 g/mol. The van der Waals surface area contributed by atoms with Crippen molar-refractivity contribution in [2.45, 2.75) is 79.1 Å². The van der Waals surface area contributed by atoms with E-state index in [9.17, 15) is 9.59 Å². The molecule has 0 aliphatic heterocycles. The highest BCUT2D eigenvalue weighted by Crippen LogP contribution is 2.26. The fraction of sp³-hybridized carbons (Fsp3) is 0.769. The number of hydrogen-bond donors (Lipinski definition) is 0. The van der Waals surface area contributed by atoms with Gasteiger partial charge in [-0.2, -0.15) is 0 Å². The lowest BCUT2D eigenvalue weighted by molar-refractivity contribution is -0.142. The maximum atomic E-state index is 12.3. The molecule has 0 bridgehead atoms. The summed E-state index contributed by atoms with van der Waals surface area (Å²) in [6.45, 7) is 10.9. The Kier molecular flexibility index (Phi) is 14.5. The molecule has 0 amide bonds. The van der Waals surface area contributed by atoms with Crippen molar-refractivity contribution in [2.75, 3.05) is 33.9 Å². The molecule has 6 heteroatoms. The van der Waals surface area contributed by atoms with Gasteiger partial charge in [0.05, 0.1) is 11.5 Å². The summed E-state index contributed by atoms with van der Waals surface area (Å²) in [5.41, 5.74) is 0. The van der Waals surface area contributed by atoms with E-state index in [-0.39, 0.29) is 12.2 Å². The molecule has 2 unspecified atom stereocenters. The van der Waals surface area contributed by atoms with Crippen LogP contribution in [0.1, 0.15) is 88.7 Å². The van der Waals surface area contributed by atoms with E-state index in [1.54, 1.807) is 6.07 Å². The van der Waals surface area contributed by atoms with Gasteiger partial charge in [-0.05, 0) is 50.4 Å². The highest BCUT2D eigenvalue weighted by Gasteiger charge is 2.16. The van der Waals surface area contributed by atoms with Gasteiger partial charge in [0.2, 0.25) is 0 Å². The minimum atomic E-state index is -0.476. The lowest BCUT2D eigenvalue weighted by Crippen LogP contribution is -2.21. The summed E-state index contributed by atoms with van der Waals surface area (Å²) in [5, 5.41) is 0.736. The van der Waals surface area contributed by atoms with Crippen LogP contribution in [-0.2, 0) is 9.53 Å². The molecule has 0 aliphatic carbocycles. The number of esters is 1. The maximum Gasteiger partial charge on any atom is 0.313 e. The first-order chi connectivity index (χ1) is 15.2. The zero-order valence-electron chi connectivity index (χ0n) is 21.2. The van der Waals surface area contributed by atoms with Crippen molar-refractivity contribution in [1.82, 2.24) is 4.90 Å². The number of rotatable bonds is 18. The summed E-state index contributed by atoms with van der Waals surface area (Å²) in [6, 6.07) is 3.55. The molecule has 1 aromatic rings. The SMILES string of the molecule is CC(C)CCCC(C)CCCC(C)CCOc1ccc(C(=O)CC(=O)OCCN(C)C)s1. The van der Waals surface area contributed by atoms with E-state index >= 15 is 0 Å². The quantitative estimate of drug-likeness (QED) is 0.141. The van der Waals surface area contributed by atoms with Gasteiger partial charge in [-0.25, -0.2) is 0 Å². The summed E-state index contributed by atoms with van der Waals surface area (Å²) in [6.07, 6.45) is 8.68. The number of carbonyl (C=O) groups is 2. The van der Waals surface area contributed by atoms with Crippen LogP contribution < -0.4 is 4.74 Å². The van der Waals surface area contributed by atoms with Gasteiger partial charge in [0.1, 0.15) is 13.0 Å². The van der Waals surface area contributed by atoms with Gasteiger partial charge in [-0.3, -0.25) is 9.59 Å². The Morgan fingerprint density at radius 1 is 0.906 bits per heavy atom. The Morgan fingerprint density at radius 3 is 2.16 bits per heavy atom. The van der Waals surface area contributed by atoms with Crippen LogP contribution in [0.15, 0.2) is 12.1 Å². The topological polar surface area (TPSA) is 55.8 Å². The summed E-state index contributed by atoms with van der Waals surface area (Å²) in [4.78, 5) is 26.5. The van der Waals surface area contributed by atoms with Crippen LogP contribution in [-0.4, -0.2) is 50.5 Å². The largest absolute Gasteiger partial charge is 0.484 e. The van der Waals surface area contributed by atoms with Crippen LogP contribution in [0.4, 0.5) is 0 Å². The van der Waals surface area contributed by atoms with Crippen molar-refractivity contribution < 1.29 is 19.1 Å². The molecule has 0 saturated heterocycles. The van der Waals surface area contributed by atoms with E-state index in [2.05, 4.69) is 27.7 Å². The molecular formula is C26H45NO4S. The Balaban J connectivity index is 2.19. The molecule has 184 valence electrons. The van der Waals surface area contributed by atoms with E-state index in [0.29, 0.717) is 30.6 Å². The predicted octanol–water partition coefficient (Wildman–Crippen LogP) is 6.46. The Bertz CT molecular complexity index is 656. The fourth-order valence-electron chi connectivity index (χ4n) is 3.50. The van der Waals surface area contributed by atoms with Crippen LogP contribution >= 0.6 is 11.3 Å². The van der Waals surface area contributed by atoms with Crippen molar-refractivity contribution in [3.63, 3.8) is 0 Å². The number of ketones is 1. The summed E-state index contributed by atoms with van der Waals surface area (Å²) in [5.74, 6) is 1.58. The summed E-state index contributed by atoms with van der Waals surface area (Å²) < 4.78 is 10.9. The van der Waals surface area contributed by atoms with Crippen molar-refractivity contribution in [2.24, 2.45) is 17.8 Å². The first kappa shape index (κ1) is 28.6. The number of hydrogen-bond acceptors (Lipinski definition) is 6. The number of carbonyl (C=O) groups excluding carboxylic acids is 2. The van der Waals surface area contributed by atoms with E-state index in [0.717, 1.165) is 23.3 Å². The van der Waals surface area contributed by atoms with E-state index in [1.807, 2.05) is 25.1 Å². The molecule has 0 spiro atoms. The Labute approximate surface area is 199 Å². The van der Waals surface area contributed by atoms with Crippen LogP contribution in [0.5, 0.6) is 5.06 Å². The van der Waals surface area contributed by atoms with Gasteiger partial charge in [0.25, 0.3) is 0 Å². The second-order valence-electron chi connectivity index (χ2n) is 9.85. The predicted molar refractivity (Wildman–Crippen MR) is 134 cm³/mol. The second-order valence-corrected chi connectivity index (χ2v) is 10.9. The van der Waals surface area contributed by atoms with E-state index in [1.165, 1.54) is 49.9 Å². The molecule has 0 saturated carbocycles. The molecule has 0 aromatic carbocycles. The molecule has 0 N–H and O–H groups in total. The molecule has 1 heterocycles. The monoisotopic (exact) mass is 467 g/mol. The summed E-state index contributed by atoms with van der Waals surface area (Å²) >= 11 is 1.31. The van der Waals surface area contributed by atoms with Gasteiger partial charge < -0.3 is 14.4 Å². The van der Waals surface area contributed by atoms with Gasteiger partial charge in [0, 0.05) is 6.54 Å². The molecule has 0 fully saturated rings. The first-order valence-corrected chi connectivity index (χ1v) is 13.0. The number of Topliss-reactive ketones (excluding diaryl/α,β-unsaturated/α-hetero) is 1. The zero-order chi connectivity index (χ0) is 23.9. The maximum absolute atomic E-state index is 12.3. The highest BCUT2D eigenvalue weighted by molar-refractivity contribution is 7.15. The Morgan fingerprint density at radius 2 is 1.53 bits per heavy atom. The molecule has 5 nitrogen and oxygen atoms in total. The molecule has 1 aromatic heterocycles. The lowest BCUT2D eigenvalue weighted by Gasteiger charge is -2.15. The second kappa shape index (κ2) is 16.2. The normalized spacial score (nSPS) is 13.4. The number of likely N-dealkylation sites (N-methyl/N-ethyl adjacent to an activating group) is 1. The molecule has 32 heavy (non-hydrogen) atoms. The van der Waals surface area contributed by atoms with Crippen molar-refractivity contribution in [3.05, 3.63) is 17.0 Å². The standard InChI is InChI=1S/C26H45NO4S/c1-20(2)9-7-10-21(3)11-8-12-22(4)15-17-31-26-14-13-24(32-26)23(28)19-25(29)30-18-16-27(5)6/h13-14,20-22H,7-12,15-19H2,1-6H3. The van der Waals surface area contributed by atoms with E-state index in [4.69, 9.17) is 9.47 Å². The molecule has 0 aliphatic rings. The Hall–Kier alpha value is -1.40. The fourth-order valence-corrected chi connectivity index (χ4v) is 4.31. The number of ether oxygens (including phenoxy) is 2. The van der Waals surface area contributed by atoms with Crippen molar-refractivity contribution in [3.8, 4) is 5.06 Å². The van der Waals surface area contributed by atoms with E-state index < -0.39 is 5.97 Å². The van der Waals surface area contributed by atoms with Gasteiger partial charge in [-0.1, -0.05) is 77.6 Å². The van der Waals surface area contributed by atoms with Gasteiger partial charge in [0.15, 0.2) is 10.8 Å². The number of nitrogens with zero attached hydrogens (tertiary/aromatic N) is 1. The highest BCUT2D eigenvalue weighted by atomic mass is 32.1. The van der Waals surface area contributed by atoms with Crippen molar-refractivity contribution >= 4 is 23.1 Å². The van der Waals surface area contributed by atoms with Crippen molar-refractivity contribution in [1.29, 1.82) is 0 Å². The van der Waals surface area contributed by atoms with Crippen LogP contribution in [0.3, 0.4) is 0 Å². The summed E-state index contributed by atoms with van der Waals surface area (Å²) in [7, 11) is 3.81. The minimum Gasteiger partial charge on any atom is -0.484 e. The zero-order valence-corrected chi connectivity index (χ0v) is 22.0. The van der Waals surface area contributed by atoms with Gasteiger partial charge >= 0.3 is 5.97 Å². The third-order valence-electron chi connectivity index (χ3n) is 5.69. The molecule has 1 rings (SSSR count). The first-order valence-electron chi connectivity index (χ1n) is 12.2. The average Bonchev–Trinajstić information content (AvgIpc) is 3.16. The lowest BCUT2D eigenvalue weighted by atomic mass is 9.93. The van der Waals surface area contributed by atoms with Crippen LogP contribution in [0.25, 0.3) is 0 Å². The minimum absolute atomic E-state index is 0.212. The number of thiophene rings is 1. The van der Waals surface area contributed by atoms with Crippen LogP contribution in [0.2, 0.25) is 0 Å². The molecule has 2 atom stereocenters. The van der Waals surface area contributed by atoms with Crippen LogP contribution in [0, 0.1) is 17.8 Å². The third kappa shape index (κ3) is 13.9. The van der Waals surface area contributed by atoms with Gasteiger partial charge in [-0.15, -0.1) is 0 Å².